The number of nitrogens with zero attached hydrogens (tertiary/aromatic N) is 1. The van der Waals surface area contributed by atoms with Gasteiger partial charge in [-0.3, -0.25) is 4.79 Å². The van der Waals surface area contributed by atoms with Crippen molar-refractivity contribution in [1.82, 2.24) is 4.98 Å². The van der Waals surface area contributed by atoms with E-state index >= 15 is 0 Å². The van der Waals surface area contributed by atoms with Gasteiger partial charge in [0.25, 0.3) is 0 Å². The average molecular weight is 279 g/mol. The minimum Gasteiger partial charge on any atom is -0.287 e. The lowest BCUT2D eigenvalue weighted by molar-refractivity contribution is 0.103. The zero-order valence-corrected chi connectivity index (χ0v) is 11.9. The Kier molecular flexibility index (Phi) is 3.26. The third-order valence-corrected chi connectivity index (χ3v) is 3.59. The number of fused-ring (bicyclic) bond motifs is 1. The third kappa shape index (κ3) is 2.42. The minimum absolute atomic E-state index is 0.261. The molecule has 0 fully saturated rings. The Hall–Kier alpha value is -2.55. The van der Waals surface area contributed by atoms with Gasteiger partial charge in [0.1, 0.15) is 11.5 Å². The Morgan fingerprint density at radius 2 is 1.76 bits per heavy atom. The zero-order valence-electron chi connectivity index (χ0n) is 11.9. The first-order valence-electron chi connectivity index (χ1n) is 6.73. The summed E-state index contributed by atoms with van der Waals surface area (Å²) < 4.78 is 13.6. The van der Waals surface area contributed by atoms with Crippen LogP contribution in [-0.4, -0.2) is 10.8 Å². The zero-order chi connectivity index (χ0) is 15.0. The summed E-state index contributed by atoms with van der Waals surface area (Å²) >= 11 is 0. The number of pyridine rings is 1. The molecule has 0 atom stereocenters. The van der Waals surface area contributed by atoms with Gasteiger partial charge in [-0.2, -0.15) is 0 Å². The molecule has 3 aromatic rings. The largest absolute Gasteiger partial charge is 0.287 e. The first kappa shape index (κ1) is 13.4. The van der Waals surface area contributed by atoms with Crippen molar-refractivity contribution >= 4 is 16.7 Å². The summed E-state index contributed by atoms with van der Waals surface area (Å²) in [6.45, 7) is 3.61. The molecule has 0 aliphatic rings. The van der Waals surface area contributed by atoms with Gasteiger partial charge in [0.05, 0.1) is 5.52 Å². The van der Waals surface area contributed by atoms with Crippen LogP contribution in [0, 0.1) is 19.7 Å². The standard InChI is InChI=1S/C18H14FNO/c1-11-7-8-13(10-15(11)19)18(21)17-9-12(2)14-5-3-4-6-16(14)20-17/h3-10H,1-2H3. The molecule has 0 saturated heterocycles. The first-order chi connectivity index (χ1) is 10.1. The molecular formula is C18H14FNO. The first-order valence-corrected chi connectivity index (χ1v) is 6.73. The fraction of sp³-hybridized carbons (Fsp3) is 0.111. The predicted octanol–water partition coefficient (Wildman–Crippen LogP) is 4.22. The van der Waals surface area contributed by atoms with E-state index in [4.69, 9.17) is 0 Å². The molecule has 0 aliphatic carbocycles. The summed E-state index contributed by atoms with van der Waals surface area (Å²) in [7, 11) is 0. The van der Waals surface area contributed by atoms with Crippen LogP contribution in [0.5, 0.6) is 0 Å². The van der Waals surface area contributed by atoms with Crippen LogP contribution in [0.2, 0.25) is 0 Å². The van der Waals surface area contributed by atoms with E-state index in [-0.39, 0.29) is 11.6 Å². The van der Waals surface area contributed by atoms with Crippen LogP contribution in [0.25, 0.3) is 10.9 Å². The van der Waals surface area contributed by atoms with Crippen LogP contribution in [0.15, 0.2) is 48.5 Å². The molecule has 0 spiro atoms. The predicted molar refractivity (Wildman–Crippen MR) is 81.0 cm³/mol. The van der Waals surface area contributed by atoms with E-state index in [1.54, 1.807) is 25.1 Å². The summed E-state index contributed by atoms with van der Waals surface area (Å²) in [4.78, 5) is 16.9. The summed E-state index contributed by atoms with van der Waals surface area (Å²) in [5.74, 6) is -0.638. The minimum atomic E-state index is -0.377. The van der Waals surface area contributed by atoms with Gasteiger partial charge in [-0.1, -0.05) is 30.3 Å². The summed E-state index contributed by atoms with van der Waals surface area (Å²) in [5, 5.41) is 1.02. The Labute approximate surface area is 122 Å². The molecular weight excluding hydrogens is 265 g/mol. The highest BCUT2D eigenvalue weighted by Gasteiger charge is 2.14. The van der Waals surface area contributed by atoms with Crippen LogP contribution in [-0.2, 0) is 0 Å². The topological polar surface area (TPSA) is 30.0 Å². The van der Waals surface area contributed by atoms with Gasteiger partial charge < -0.3 is 0 Å². The van der Waals surface area contributed by atoms with Gasteiger partial charge in [0, 0.05) is 10.9 Å². The van der Waals surface area contributed by atoms with Crippen molar-refractivity contribution in [3.05, 3.63) is 76.7 Å². The second-order valence-corrected chi connectivity index (χ2v) is 5.13. The second-order valence-electron chi connectivity index (χ2n) is 5.13. The lowest BCUT2D eigenvalue weighted by atomic mass is 10.0. The number of carbonyl (C=O) groups excluding carboxylic acids is 1. The van der Waals surface area contributed by atoms with Crippen molar-refractivity contribution in [2.75, 3.05) is 0 Å². The van der Waals surface area contributed by atoms with E-state index in [0.29, 0.717) is 16.8 Å². The fourth-order valence-electron chi connectivity index (χ4n) is 2.35. The Bertz CT molecular complexity index is 855. The quantitative estimate of drug-likeness (QED) is 0.657. The Balaban J connectivity index is 2.11. The van der Waals surface area contributed by atoms with Gasteiger partial charge in [-0.05, 0) is 43.2 Å². The van der Waals surface area contributed by atoms with E-state index in [1.807, 2.05) is 31.2 Å². The molecule has 2 nitrogen and oxygen atoms in total. The number of benzene rings is 2. The Morgan fingerprint density at radius 3 is 2.52 bits per heavy atom. The molecule has 1 aromatic heterocycles. The smallest absolute Gasteiger partial charge is 0.211 e. The highest BCUT2D eigenvalue weighted by Crippen LogP contribution is 2.20. The van der Waals surface area contributed by atoms with E-state index in [2.05, 4.69) is 4.98 Å². The van der Waals surface area contributed by atoms with Crippen molar-refractivity contribution in [2.45, 2.75) is 13.8 Å². The molecule has 2 aromatic carbocycles. The lowest BCUT2D eigenvalue weighted by Gasteiger charge is -2.06. The molecule has 0 unspecified atom stereocenters. The van der Waals surface area contributed by atoms with E-state index in [9.17, 15) is 9.18 Å². The maximum Gasteiger partial charge on any atom is 0.211 e. The van der Waals surface area contributed by atoms with Gasteiger partial charge in [-0.25, -0.2) is 9.37 Å². The molecule has 0 saturated carbocycles. The van der Waals surface area contributed by atoms with E-state index in [1.165, 1.54) is 6.07 Å². The number of halogens is 1. The molecule has 0 N–H and O–H groups in total. The molecule has 3 heteroatoms. The van der Waals surface area contributed by atoms with Crippen molar-refractivity contribution in [1.29, 1.82) is 0 Å². The number of hydrogen-bond acceptors (Lipinski definition) is 2. The van der Waals surface area contributed by atoms with E-state index in [0.717, 1.165) is 16.5 Å². The highest BCUT2D eigenvalue weighted by molar-refractivity contribution is 6.08. The summed E-state index contributed by atoms with van der Waals surface area (Å²) in [5.41, 5.74) is 2.94. The third-order valence-electron chi connectivity index (χ3n) is 3.59. The molecule has 0 amide bonds. The average Bonchev–Trinajstić information content (AvgIpc) is 2.49. The van der Waals surface area contributed by atoms with Crippen LogP contribution in [0.3, 0.4) is 0 Å². The van der Waals surface area contributed by atoms with Gasteiger partial charge in [-0.15, -0.1) is 0 Å². The molecule has 0 bridgehead atoms. The summed E-state index contributed by atoms with van der Waals surface area (Å²) in [6, 6.07) is 13.9. The maximum atomic E-state index is 13.6. The number of rotatable bonds is 2. The molecule has 21 heavy (non-hydrogen) atoms. The van der Waals surface area contributed by atoms with Crippen molar-refractivity contribution in [3.8, 4) is 0 Å². The number of aryl methyl sites for hydroxylation is 2. The molecule has 0 radical (unpaired) electrons. The second kappa shape index (κ2) is 5.09. The monoisotopic (exact) mass is 279 g/mol. The summed E-state index contributed by atoms with van der Waals surface area (Å²) in [6.07, 6.45) is 0. The van der Waals surface area contributed by atoms with Crippen molar-refractivity contribution in [2.24, 2.45) is 0 Å². The number of para-hydroxylation sites is 1. The Morgan fingerprint density at radius 1 is 1.00 bits per heavy atom. The van der Waals surface area contributed by atoms with Gasteiger partial charge in [0.15, 0.2) is 0 Å². The van der Waals surface area contributed by atoms with Crippen LogP contribution < -0.4 is 0 Å². The van der Waals surface area contributed by atoms with Crippen molar-refractivity contribution < 1.29 is 9.18 Å². The highest BCUT2D eigenvalue weighted by atomic mass is 19.1. The molecule has 104 valence electrons. The number of hydrogen-bond donors (Lipinski definition) is 0. The van der Waals surface area contributed by atoms with Gasteiger partial charge >= 0.3 is 0 Å². The number of aromatic nitrogens is 1. The molecule has 1 heterocycles. The molecule has 0 aliphatic heterocycles. The van der Waals surface area contributed by atoms with Crippen LogP contribution in [0.1, 0.15) is 27.2 Å². The molecule has 3 rings (SSSR count). The number of carbonyl (C=O) groups is 1. The van der Waals surface area contributed by atoms with E-state index < -0.39 is 0 Å². The SMILES string of the molecule is Cc1ccc(C(=O)c2cc(C)c3ccccc3n2)cc1F. The fourth-order valence-corrected chi connectivity index (χ4v) is 2.35. The number of ketones is 1. The van der Waals surface area contributed by atoms with Crippen LogP contribution in [0.4, 0.5) is 4.39 Å². The normalized spacial score (nSPS) is 10.8. The van der Waals surface area contributed by atoms with Gasteiger partial charge in [0.2, 0.25) is 5.78 Å². The lowest BCUT2D eigenvalue weighted by Crippen LogP contribution is -2.06. The maximum absolute atomic E-state index is 13.6. The van der Waals surface area contributed by atoms with Crippen molar-refractivity contribution in [3.63, 3.8) is 0 Å². The van der Waals surface area contributed by atoms with Crippen LogP contribution >= 0.6 is 0 Å².